The first-order valence-electron chi connectivity index (χ1n) is 8.48. The van der Waals surface area contributed by atoms with Crippen molar-refractivity contribution in [3.05, 3.63) is 28.8 Å². The number of rotatable bonds is 4. The van der Waals surface area contributed by atoms with Crippen LogP contribution in [0.3, 0.4) is 0 Å². The number of hydrogen-bond donors (Lipinski definition) is 2. The van der Waals surface area contributed by atoms with Crippen LogP contribution in [0, 0.1) is 5.41 Å². The number of ether oxygens (including phenoxy) is 2. The molecule has 0 fully saturated rings. The molecule has 140 valence electrons. The van der Waals surface area contributed by atoms with Crippen LogP contribution in [-0.4, -0.2) is 42.8 Å². The van der Waals surface area contributed by atoms with E-state index in [0.29, 0.717) is 17.3 Å². The molecule has 3 rings (SSSR count). The monoisotopic (exact) mass is 376 g/mol. The number of hydrogen-bond acceptors (Lipinski definition) is 6. The molecular weight excluding hydrogens is 352 g/mol. The Morgan fingerprint density at radius 2 is 2.00 bits per heavy atom. The lowest BCUT2D eigenvalue weighted by atomic mass is 9.78. The second-order valence-corrected chi connectivity index (χ2v) is 8.30. The number of nitrogens with one attached hydrogen (secondary N) is 1. The average Bonchev–Trinajstić information content (AvgIpc) is 2.60. The fraction of sp³-hybridized carbons (Fsp3) is 0.474. The van der Waals surface area contributed by atoms with E-state index in [0.717, 1.165) is 34.8 Å². The molecule has 6 nitrogen and oxygen atoms in total. The maximum absolute atomic E-state index is 11.3. The van der Waals surface area contributed by atoms with Crippen LogP contribution in [0.25, 0.3) is 0 Å². The van der Waals surface area contributed by atoms with Crippen LogP contribution in [0.15, 0.2) is 33.8 Å². The second kappa shape index (κ2) is 7.23. The van der Waals surface area contributed by atoms with Gasteiger partial charge in [0.05, 0.1) is 25.6 Å². The number of aliphatic imine (C=N–C) groups is 1. The van der Waals surface area contributed by atoms with Gasteiger partial charge in [-0.15, -0.1) is 11.8 Å². The van der Waals surface area contributed by atoms with Crippen molar-refractivity contribution in [2.75, 3.05) is 20.0 Å². The normalized spacial score (nSPS) is 23.2. The largest absolute Gasteiger partial charge is 0.493 e. The molecule has 0 amide bonds. The summed E-state index contributed by atoms with van der Waals surface area (Å²) in [7, 11) is 3.21. The lowest BCUT2D eigenvalue weighted by molar-refractivity contribution is -0.138. The highest BCUT2D eigenvalue weighted by Gasteiger charge is 2.36. The van der Waals surface area contributed by atoms with Gasteiger partial charge in [-0.25, -0.2) is 4.79 Å². The number of thioether (sulfide) groups is 1. The molecule has 1 aromatic carbocycles. The number of nitrogens with zero attached hydrogens (tertiary/aromatic N) is 1. The molecule has 1 atom stereocenters. The van der Waals surface area contributed by atoms with E-state index in [2.05, 4.69) is 19.2 Å². The van der Waals surface area contributed by atoms with Gasteiger partial charge in [0.25, 0.3) is 0 Å². The molecule has 1 aromatic rings. The van der Waals surface area contributed by atoms with Gasteiger partial charge in [0, 0.05) is 22.4 Å². The van der Waals surface area contributed by atoms with Crippen molar-refractivity contribution in [1.29, 1.82) is 0 Å². The van der Waals surface area contributed by atoms with Gasteiger partial charge in [0.2, 0.25) is 0 Å². The van der Waals surface area contributed by atoms with E-state index in [1.807, 2.05) is 18.2 Å². The molecule has 1 aliphatic heterocycles. The van der Waals surface area contributed by atoms with Crippen LogP contribution in [0.2, 0.25) is 0 Å². The van der Waals surface area contributed by atoms with Gasteiger partial charge in [0.15, 0.2) is 11.5 Å². The Morgan fingerprint density at radius 3 is 2.65 bits per heavy atom. The Kier molecular flexibility index (Phi) is 5.18. The van der Waals surface area contributed by atoms with Crippen molar-refractivity contribution in [3.8, 4) is 11.5 Å². The third kappa shape index (κ3) is 3.82. The molecule has 1 heterocycles. The standard InChI is InChI=1S/C19H24N2O4S/c1-19(2)8-12(17-13(9-19)21-14(10-26-17)18(22)23)20-11-5-6-15(24-3)16(7-11)25-4/h5-7,14,21H,8-10H2,1-4H3,(H,22,23). The van der Waals surface area contributed by atoms with E-state index in [1.54, 1.807) is 26.0 Å². The Labute approximate surface area is 157 Å². The van der Waals surface area contributed by atoms with Crippen LogP contribution >= 0.6 is 11.8 Å². The van der Waals surface area contributed by atoms with Crippen LogP contribution in [0.4, 0.5) is 5.69 Å². The van der Waals surface area contributed by atoms with E-state index in [4.69, 9.17) is 14.5 Å². The lowest BCUT2D eigenvalue weighted by Gasteiger charge is -2.38. The second-order valence-electron chi connectivity index (χ2n) is 7.27. The minimum atomic E-state index is -0.814. The van der Waals surface area contributed by atoms with E-state index in [1.165, 1.54) is 0 Å². The Bertz CT molecular complexity index is 786. The number of benzene rings is 1. The molecule has 0 spiro atoms. The van der Waals surface area contributed by atoms with Crippen molar-refractivity contribution >= 4 is 29.1 Å². The molecule has 2 aliphatic rings. The van der Waals surface area contributed by atoms with Crippen molar-refractivity contribution in [2.45, 2.75) is 32.7 Å². The van der Waals surface area contributed by atoms with Crippen LogP contribution in [0.5, 0.6) is 11.5 Å². The summed E-state index contributed by atoms with van der Waals surface area (Å²) in [5.41, 5.74) is 2.79. The van der Waals surface area contributed by atoms with Gasteiger partial charge in [-0.1, -0.05) is 13.8 Å². The van der Waals surface area contributed by atoms with Gasteiger partial charge in [-0.2, -0.15) is 0 Å². The summed E-state index contributed by atoms with van der Waals surface area (Å²) in [6.45, 7) is 4.36. The van der Waals surface area contributed by atoms with Crippen molar-refractivity contribution in [3.63, 3.8) is 0 Å². The van der Waals surface area contributed by atoms with Crippen LogP contribution in [-0.2, 0) is 4.79 Å². The van der Waals surface area contributed by atoms with Crippen molar-refractivity contribution in [1.82, 2.24) is 5.32 Å². The topological polar surface area (TPSA) is 80.2 Å². The molecule has 7 heteroatoms. The summed E-state index contributed by atoms with van der Waals surface area (Å²) in [5, 5.41) is 12.5. The molecule has 26 heavy (non-hydrogen) atoms. The summed E-state index contributed by atoms with van der Waals surface area (Å²) in [4.78, 5) is 17.3. The smallest absolute Gasteiger partial charge is 0.326 e. The van der Waals surface area contributed by atoms with Crippen molar-refractivity contribution in [2.24, 2.45) is 10.4 Å². The third-order valence-corrected chi connectivity index (χ3v) is 5.78. The first kappa shape index (κ1) is 18.6. The molecular formula is C19H24N2O4S. The predicted octanol–water partition coefficient (Wildman–Crippen LogP) is 3.60. The SMILES string of the molecule is COc1ccc(N=C2CC(C)(C)CC3=C2SCC(C(=O)O)N3)cc1OC. The van der Waals surface area contributed by atoms with E-state index >= 15 is 0 Å². The zero-order valence-electron chi connectivity index (χ0n) is 15.5. The Hall–Kier alpha value is -2.15. The summed E-state index contributed by atoms with van der Waals surface area (Å²) in [6, 6.07) is 5.05. The van der Waals surface area contributed by atoms with Gasteiger partial charge in [0.1, 0.15) is 6.04 Å². The zero-order chi connectivity index (χ0) is 18.9. The third-order valence-electron chi connectivity index (χ3n) is 4.51. The molecule has 2 N–H and O–H groups in total. The summed E-state index contributed by atoms with van der Waals surface area (Å²) >= 11 is 1.58. The van der Waals surface area contributed by atoms with E-state index < -0.39 is 12.0 Å². The Balaban J connectivity index is 1.98. The van der Waals surface area contributed by atoms with E-state index in [9.17, 15) is 9.90 Å². The molecule has 0 aromatic heterocycles. The van der Waals surface area contributed by atoms with Crippen LogP contribution in [0.1, 0.15) is 26.7 Å². The van der Waals surface area contributed by atoms with E-state index in [-0.39, 0.29) is 5.41 Å². The molecule has 1 unspecified atom stereocenters. The summed E-state index contributed by atoms with van der Waals surface area (Å²) < 4.78 is 10.6. The van der Waals surface area contributed by atoms with Gasteiger partial charge >= 0.3 is 5.97 Å². The summed E-state index contributed by atoms with van der Waals surface area (Å²) in [6.07, 6.45) is 1.66. The van der Waals surface area contributed by atoms with Gasteiger partial charge in [-0.3, -0.25) is 4.99 Å². The first-order chi connectivity index (χ1) is 12.3. The lowest BCUT2D eigenvalue weighted by Crippen LogP contribution is -2.44. The van der Waals surface area contributed by atoms with Crippen LogP contribution < -0.4 is 14.8 Å². The fourth-order valence-electron chi connectivity index (χ4n) is 3.31. The molecule has 0 saturated heterocycles. The molecule has 0 bridgehead atoms. The Morgan fingerprint density at radius 1 is 1.27 bits per heavy atom. The number of carbonyl (C=O) groups is 1. The summed E-state index contributed by atoms with van der Waals surface area (Å²) in [5.74, 6) is 0.989. The number of carboxylic acids is 1. The highest BCUT2D eigenvalue weighted by molar-refractivity contribution is 8.04. The average molecular weight is 376 g/mol. The quantitative estimate of drug-likeness (QED) is 0.836. The zero-order valence-corrected chi connectivity index (χ0v) is 16.3. The first-order valence-corrected chi connectivity index (χ1v) is 9.47. The minimum absolute atomic E-state index is 0.0160. The maximum Gasteiger partial charge on any atom is 0.326 e. The number of aliphatic carboxylic acids is 1. The molecule has 1 aliphatic carbocycles. The van der Waals surface area contributed by atoms with Gasteiger partial charge < -0.3 is 19.9 Å². The molecule has 0 saturated carbocycles. The predicted molar refractivity (Wildman–Crippen MR) is 104 cm³/mol. The highest BCUT2D eigenvalue weighted by atomic mass is 32.2. The number of allylic oxidation sites excluding steroid dienone is 2. The number of methoxy groups -OCH3 is 2. The maximum atomic E-state index is 11.3. The van der Waals surface area contributed by atoms with Crippen molar-refractivity contribution < 1.29 is 19.4 Å². The highest BCUT2D eigenvalue weighted by Crippen LogP contribution is 2.43. The number of carboxylic acid groups (broad SMARTS) is 1. The minimum Gasteiger partial charge on any atom is -0.493 e. The molecule has 0 radical (unpaired) electrons. The van der Waals surface area contributed by atoms with Gasteiger partial charge in [-0.05, 0) is 30.4 Å². The fourth-order valence-corrected chi connectivity index (χ4v) is 4.46.